The second kappa shape index (κ2) is 18.8. The summed E-state index contributed by atoms with van der Waals surface area (Å²) in [5.74, 6) is -0.423. The van der Waals surface area contributed by atoms with Crippen LogP contribution < -0.4 is 29.6 Å². The Bertz CT molecular complexity index is 548. The number of rotatable bonds is 14. The van der Waals surface area contributed by atoms with E-state index in [1.54, 1.807) is 30.3 Å². The van der Waals surface area contributed by atoms with Crippen molar-refractivity contribution in [1.29, 1.82) is 0 Å². The van der Waals surface area contributed by atoms with Crippen molar-refractivity contribution in [1.82, 2.24) is 0 Å². The molecule has 0 bridgehead atoms. The molecule has 0 spiro atoms. The Hall–Kier alpha value is 0.0900. The summed E-state index contributed by atoms with van der Waals surface area (Å²) < 4.78 is 32.2. The third-order valence-corrected chi connectivity index (χ3v) is 5.82. The van der Waals surface area contributed by atoms with Crippen LogP contribution >= 0.6 is 0 Å². The van der Waals surface area contributed by atoms with Crippen LogP contribution in [0.1, 0.15) is 86.1 Å². The molecule has 6 heteroatoms. The van der Waals surface area contributed by atoms with Gasteiger partial charge in [0.2, 0.25) is 0 Å². The Balaban J connectivity index is -0.000000489. The minimum Gasteiger partial charge on any atom is -1.00 e. The predicted octanol–water partition coefficient (Wildman–Crippen LogP) is 2.85. The van der Waals surface area contributed by atoms with E-state index < -0.39 is 15.9 Å². The van der Waals surface area contributed by atoms with Crippen LogP contribution in [0.5, 0.6) is 0 Å². The van der Waals surface area contributed by atoms with Gasteiger partial charge in [-0.05, 0) is 31.2 Å². The van der Waals surface area contributed by atoms with E-state index in [-0.39, 0.29) is 31.0 Å². The second-order valence-electron chi connectivity index (χ2n) is 7.84. The van der Waals surface area contributed by atoms with E-state index in [1.807, 2.05) is 0 Å². The normalized spacial score (nSPS) is 11.3. The van der Waals surface area contributed by atoms with Crippen LogP contribution in [-0.2, 0) is 15.9 Å². The van der Waals surface area contributed by atoms with E-state index in [1.165, 1.54) is 82.0 Å². The molecule has 0 fully saturated rings. The Morgan fingerprint density at radius 3 is 1.38 bits per heavy atom. The first-order valence-electron chi connectivity index (χ1n) is 11.1. The molecule has 4 nitrogen and oxygen atoms in total. The monoisotopic (exact) mass is 437 g/mol. The van der Waals surface area contributed by atoms with Crippen molar-refractivity contribution in [3.05, 3.63) is 35.9 Å². The van der Waals surface area contributed by atoms with Crippen molar-refractivity contribution >= 4 is 10.1 Å². The zero-order valence-corrected chi connectivity index (χ0v) is 22.5. The fourth-order valence-electron chi connectivity index (χ4n) is 3.42. The largest absolute Gasteiger partial charge is 1.00 e. The quantitative estimate of drug-likeness (QED) is 0.255. The number of hydrogen-bond donors (Lipinski definition) is 0. The van der Waals surface area contributed by atoms with Gasteiger partial charge in [0.15, 0.2) is 0 Å². The number of quaternary nitrogens is 1. The molecule has 1 aromatic rings. The summed E-state index contributed by atoms with van der Waals surface area (Å²) in [4.78, 5) is 0. The molecular formula is C23H44NNaO3S. The Morgan fingerprint density at radius 2 is 1.10 bits per heavy atom. The molecule has 1 aromatic carbocycles. The molecule has 0 aromatic heterocycles. The number of hydrogen-bond acceptors (Lipinski definition) is 3. The molecule has 0 N–H and O–H groups in total. The van der Waals surface area contributed by atoms with Crippen molar-refractivity contribution in [2.45, 2.75) is 84.8 Å². The minimum atomic E-state index is -4.13. The van der Waals surface area contributed by atoms with E-state index in [4.69, 9.17) is 0 Å². The third kappa shape index (κ3) is 17.5. The van der Waals surface area contributed by atoms with E-state index in [2.05, 4.69) is 27.7 Å². The number of unbranched alkanes of at least 4 members (excludes halogenated alkanes) is 4. The molecule has 166 valence electrons. The topological polar surface area (TPSA) is 57.2 Å². The minimum absolute atomic E-state index is 0. The van der Waals surface area contributed by atoms with Gasteiger partial charge in [-0.3, -0.25) is 0 Å². The zero-order valence-electron chi connectivity index (χ0n) is 20.7. The molecule has 0 amide bonds. The van der Waals surface area contributed by atoms with Crippen LogP contribution in [0.25, 0.3) is 0 Å². The van der Waals surface area contributed by atoms with E-state index in [0.29, 0.717) is 5.56 Å². The van der Waals surface area contributed by atoms with Gasteiger partial charge in [0.05, 0.1) is 42.1 Å². The SMILES string of the molecule is CCCC[N+](CCCC)(CCCC)CCCC.O=S(=O)([O-])Cc1ccccc1.[H-].[Na+]. The molecule has 0 aliphatic heterocycles. The van der Waals surface area contributed by atoms with Gasteiger partial charge in [0, 0.05) is 0 Å². The van der Waals surface area contributed by atoms with Gasteiger partial charge in [-0.2, -0.15) is 0 Å². The molecule has 0 atom stereocenters. The number of benzene rings is 1. The summed E-state index contributed by atoms with van der Waals surface area (Å²) in [5, 5.41) is 0. The van der Waals surface area contributed by atoms with Crippen LogP contribution in [0.3, 0.4) is 0 Å². The fourth-order valence-corrected chi connectivity index (χ4v) is 4.02. The molecule has 0 aliphatic carbocycles. The van der Waals surface area contributed by atoms with E-state index in [9.17, 15) is 13.0 Å². The van der Waals surface area contributed by atoms with Gasteiger partial charge < -0.3 is 10.5 Å². The standard InChI is InChI=1S/C16H36N.C7H8O3S.Na.H/c1-5-9-13-17(14-10-6-2,15-11-7-3)16-12-8-4;8-11(9,10)6-7-4-2-1-3-5-7;;/h5-16H2,1-4H3;1-5H,6H2,(H,8,9,10);;/q+1;;+1;-1/p-1. The molecule has 0 heterocycles. The van der Waals surface area contributed by atoms with Crippen molar-refractivity contribution in [3.8, 4) is 0 Å². The Morgan fingerprint density at radius 1 is 0.759 bits per heavy atom. The Labute approximate surface area is 204 Å². The van der Waals surface area contributed by atoms with Gasteiger partial charge in [-0.1, -0.05) is 83.7 Å². The predicted molar refractivity (Wildman–Crippen MR) is 120 cm³/mol. The summed E-state index contributed by atoms with van der Waals surface area (Å²) >= 11 is 0. The molecule has 0 radical (unpaired) electrons. The zero-order chi connectivity index (χ0) is 21.3. The van der Waals surface area contributed by atoms with Crippen LogP contribution in [0.4, 0.5) is 0 Å². The molecule has 0 saturated carbocycles. The average Bonchev–Trinajstić information content (AvgIpc) is 2.67. The van der Waals surface area contributed by atoms with Crippen molar-refractivity contribution < 1.29 is 48.4 Å². The number of nitrogens with zero attached hydrogens (tertiary/aromatic N) is 1. The summed E-state index contributed by atoms with van der Waals surface area (Å²) in [6.45, 7) is 15.0. The summed E-state index contributed by atoms with van der Waals surface area (Å²) in [7, 11) is -4.13. The fraction of sp³-hybridized carbons (Fsp3) is 0.739. The maximum Gasteiger partial charge on any atom is 1.00 e. The smallest absolute Gasteiger partial charge is 1.00 e. The summed E-state index contributed by atoms with van der Waals surface area (Å²) in [5.41, 5.74) is 0.530. The summed E-state index contributed by atoms with van der Waals surface area (Å²) in [6, 6.07) is 8.37. The van der Waals surface area contributed by atoms with Gasteiger partial charge in [0.25, 0.3) is 0 Å². The molecule has 0 aliphatic rings. The van der Waals surface area contributed by atoms with Crippen molar-refractivity contribution in [2.75, 3.05) is 26.2 Å². The molecule has 29 heavy (non-hydrogen) atoms. The first-order valence-corrected chi connectivity index (χ1v) is 12.7. The van der Waals surface area contributed by atoms with E-state index >= 15 is 0 Å². The summed E-state index contributed by atoms with van der Waals surface area (Å²) in [6.07, 6.45) is 11.1. The van der Waals surface area contributed by atoms with Gasteiger partial charge in [-0.15, -0.1) is 0 Å². The van der Waals surface area contributed by atoms with Crippen LogP contribution in [0.2, 0.25) is 0 Å². The second-order valence-corrected chi connectivity index (χ2v) is 9.24. The third-order valence-electron chi connectivity index (χ3n) is 5.13. The molecule has 0 saturated heterocycles. The molecule has 1 rings (SSSR count). The van der Waals surface area contributed by atoms with Crippen LogP contribution in [0, 0.1) is 0 Å². The first kappa shape index (κ1) is 31.3. The first-order chi connectivity index (χ1) is 13.3. The van der Waals surface area contributed by atoms with Crippen molar-refractivity contribution in [3.63, 3.8) is 0 Å². The van der Waals surface area contributed by atoms with Crippen LogP contribution in [0.15, 0.2) is 30.3 Å². The Kier molecular flexibility index (Phi) is 20.3. The van der Waals surface area contributed by atoms with Crippen molar-refractivity contribution in [2.24, 2.45) is 0 Å². The van der Waals surface area contributed by atoms with Gasteiger partial charge in [0.1, 0.15) is 0 Å². The van der Waals surface area contributed by atoms with Gasteiger partial charge >= 0.3 is 29.6 Å². The molecule has 0 unspecified atom stereocenters. The average molecular weight is 438 g/mol. The van der Waals surface area contributed by atoms with E-state index in [0.717, 1.165) is 0 Å². The maximum atomic E-state index is 10.2. The van der Waals surface area contributed by atoms with Gasteiger partial charge in [-0.25, -0.2) is 8.42 Å². The maximum absolute atomic E-state index is 10.2. The molecular weight excluding hydrogens is 393 g/mol. The van der Waals surface area contributed by atoms with Crippen LogP contribution in [-0.4, -0.2) is 43.6 Å².